The Kier molecular flexibility index (Phi) is 4.29. The highest BCUT2D eigenvalue weighted by molar-refractivity contribution is 6.37. The highest BCUT2D eigenvalue weighted by atomic mass is 35.5. The van der Waals surface area contributed by atoms with E-state index >= 15 is 0 Å². The van der Waals surface area contributed by atoms with Crippen LogP contribution in [0.5, 0.6) is 0 Å². The van der Waals surface area contributed by atoms with Gasteiger partial charge in [-0.1, -0.05) is 23.2 Å². The molecule has 19 heavy (non-hydrogen) atoms. The van der Waals surface area contributed by atoms with Gasteiger partial charge in [-0.15, -0.1) is 0 Å². The lowest BCUT2D eigenvalue weighted by atomic mass is 10.1. The van der Waals surface area contributed by atoms with E-state index < -0.39 is 18.0 Å². The molecule has 0 aliphatic carbocycles. The molecule has 102 valence electrons. The number of ether oxygens (including phenoxy) is 1. The molecule has 2 N–H and O–H groups in total. The zero-order valence-corrected chi connectivity index (χ0v) is 11.3. The Morgan fingerprint density at radius 3 is 2.68 bits per heavy atom. The maximum atomic E-state index is 11.9. The number of amides is 1. The Labute approximate surface area is 119 Å². The topological polar surface area (TPSA) is 75.6 Å². The van der Waals surface area contributed by atoms with Gasteiger partial charge in [0.2, 0.25) is 0 Å². The van der Waals surface area contributed by atoms with Crippen molar-refractivity contribution in [3.05, 3.63) is 27.7 Å². The Balaban J connectivity index is 2.28. The molecule has 7 heteroatoms. The minimum Gasteiger partial charge on any atom is -0.478 e. The van der Waals surface area contributed by atoms with E-state index in [-0.39, 0.29) is 21.3 Å². The largest absolute Gasteiger partial charge is 0.478 e. The molecule has 1 saturated heterocycles. The molecule has 0 bridgehead atoms. The number of anilines is 1. The normalized spacial score (nSPS) is 18.3. The minimum atomic E-state index is -1.22. The number of carbonyl (C=O) groups is 2. The molecular weight excluding hydrogens is 293 g/mol. The van der Waals surface area contributed by atoms with E-state index in [1.165, 1.54) is 12.1 Å². The molecule has 1 aromatic carbocycles. The molecule has 1 heterocycles. The van der Waals surface area contributed by atoms with Crippen LogP contribution in [0.1, 0.15) is 23.2 Å². The molecule has 5 nitrogen and oxygen atoms in total. The molecule has 1 aliphatic rings. The number of carbonyl (C=O) groups excluding carboxylic acids is 1. The van der Waals surface area contributed by atoms with Crippen molar-refractivity contribution in [1.29, 1.82) is 0 Å². The molecule has 1 atom stereocenters. The molecule has 0 radical (unpaired) electrons. The third-order valence-corrected chi connectivity index (χ3v) is 3.27. The van der Waals surface area contributed by atoms with Gasteiger partial charge in [0, 0.05) is 11.6 Å². The smallest absolute Gasteiger partial charge is 0.337 e. The summed E-state index contributed by atoms with van der Waals surface area (Å²) in [5, 5.41) is 11.9. The summed E-state index contributed by atoms with van der Waals surface area (Å²) in [4.78, 5) is 23.0. The quantitative estimate of drug-likeness (QED) is 0.900. The van der Waals surface area contributed by atoms with Crippen molar-refractivity contribution in [2.75, 3.05) is 11.9 Å². The molecule has 0 saturated carbocycles. The van der Waals surface area contributed by atoms with Gasteiger partial charge in [0.1, 0.15) is 6.10 Å². The molecular formula is C12H11Cl2NO4. The first kappa shape index (κ1) is 14.1. The predicted molar refractivity (Wildman–Crippen MR) is 71.0 cm³/mol. The lowest BCUT2D eigenvalue weighted by Crippen LogP contribution is -2.27. The Morgan fingerprint density at radius 1 is 1.37 bits per heavy atom. The van der Waals surface area contributed by atoms with Gasteiger partial charge in [-0.05, 0) is 25.0 Å². The van der Waals surface area contributed by atoms with Crippen LogP contribution in [0.2, 0.25) is 10.0 Å². The summed E-state index contributed by atoms with van der Waals surface area (Å²) in [5.41, 5.74) is -0.108. The first-order chi connectivity index (χ1) is 8.99. The lowest BCUT2D eigenvalue weighted by molar-refractivity contribution is -0.124. The van der Waals surface area contributed by atoms with Crippen molar-refractivity contribution >= 4 is 40.8 Å². The molecule has 1 amide bonds. The van der Waals surface area contributed by atoms with Crippen molar-refractivity contribution in [2.24, 2.45) is 0 Å². The number of carboxylic acid groups (broad SMARTS) is 1. The van der Waals surface area contributed by atoms with Crippen molar-refractivity contribution in [1.82, 2.24) is 0 Å². The number of hydrogen-bond acceptors (Lipinski definition) is 3. The van der Waals surface area contributed by atoms with Crippen molar-refractivity contribution in [3.8, 4) is 0 Å². The summed E-state index contributed by atoms with van der Waals surface area (Å²) in [6.07, 6.45) is 0.853. The maximum Gasteiger partial charge on any atom is 0.337 e. The Bertz CT molecular complexity index is 527. The summed E-state index contributed by atoms with van der Waals surface area (Å²) in [6.45, 7) is 0.526. The first-order valence-corrected chi connectivity index (χ1v) is 6.39. The number of aromatic carboxylic acids is 1. The zero-order valence-electron chi connectivity index (χ0n) is 9.78. The van der Waals surface area contributed by atoms with E-state index in [0.717, 1.165) is 6.42 Å². The summed E-state index contributed by atoms with van der Waals surface area (Å²) in [6, 6.07) is 2.61. The van der Waals surface area contributed by atoms with Crippen LogP contribution in [-0.4, -0.2) is 29.7 Å². The van der Waals surface area contributed by atoms with E-state index in [9.17, 15) is 9.59 Å². The monoisotopic (exact) mass is 303 g/mol. The number of hydrogen-bond donors (Lipinski definition) is 2. The van der Waals surface area contributed by atoms with Crippen LogP contribution < -0.4 is 5.32 Å². The molecule has 1 aromatic rings. The van der Waals surface area contributed by atoms with Crippen LogP contribution in [0.4, 0.5) is 5.69 Å². The second-order valence-electron chi connectivity index (χ2n) is 4.11. The maximum absolute atomic E-state index is 11.9. The van der Waals surface area contributed by atoms with Gasteiger partial charge >= 0.3 is 5.97 Å². The second-order valence-corrected chi connectivity index (χ2v) is 4.95. The zero-order chi connectivity index (χ0) is 14.0. The van der Waals surface area contributed by atoms with Crippen LogP contribution in [-0.2, 0) is 9.53 Å². The van der Waals surface area contributed by atoms with Gasteiger partial charge < -0.3 is 15.2 Å². The van der Waals surface area contributed by atoms with Crippen molar-refractivity contribution < 1.29 is 19.4 Å². The first-order valence-electron chi connectivity index (χ1n) is 5.64. The number of benzene rings is 1. The van der Waals surface area contributed by atoms with E-state index in [1.807, 2.05) is 0 Å². The Morgan fingerprint density at radius 2 is 2.11 bits per heavy atom. The van der Waals surface area contributed by atoms with Gasteiger partial charge in [0.25, 0.3) is 5.91 Å². The summed E-state index contributed by atoms with van der Waals surface area (Å²) >= 11 is 11.7. The summed E-state index contributed by atoms with van der Waals surface area (Å²) in [7, 11) is 0. The summed E-state index contributed by atoms with van der Waals surface area (Å²) in [5.74, 6) is -1.61. The average Bonchev–Trinajstić information content (AvgIpc) is 2.85. The molecule has 0 aromatic heterocycles. The predicted octanol–water partition coefficient (Wildman–Crippen LogP) is 2.81. The minimum absolute atomic E-state index is 0.0408. The number of halogens is 2. The third-order valence-electron chi connectivity index (χ3n) is 2.76. The SMILES string of the molecule is O=C(O)c1cc(Cl)cc(Cl)c1NC(=O)[C@H]1CCCO1. The van der Waals surface area contributed by atoms with Crippen molar-refractivity contribution in [2.45, 2.75) is 18.9 Å². The number of carboxylic acids is 1. The lowest BCUT2D eigenvalue weighted by Gasteiger charge is -2.14. The fourth-order valence-corrected chi connectivity index (χ4v) is 2.40. The van der Waals surface area contributed by atoms with E-state index in [1.54, 1.807) is 0 Å². The van der Waals surface area contributed by atoms with Gasteiger partial charge in [0.15, 0.2) is 0 Å². The van der Waals surface area contributed by atoms with Crippen LogP contribution in [0, 0.1) is 0 Å². The molecule has 2 rings (SSSR count). The second kappa shape index (κ2) is 5.77. The van der Waals surface area contributed by atoms with Crippen LogP contribution in [0.25, 0.3) is 0 Å². The van der Waals surface area contributed by atoms with Gasteiger partial charge in [-0.3, -0.25) is 4.79 Å². The van der Waals surface area contributed by atoms with Crippen LogP contribution in [0.3, 0.4) is 0 Å². The number of nitrogens with one attached hydrogen (secondary N) is 1. The van der Waals surface area contributed by atoms with Gasteiger partial charge in [-0.25, -0.2) is 4.79 Å². The van der Waals surface area contributed by atoms with Crippen molar-refractivity contribution in [3.63, 3.8) is 0 Å². The fraction of sp³-hybridized carbons (Fsp3) is 0.333. The van der Waals surface area contributed by atoms with Crippen LogP contribution in [0.15, 0.2) is 12.1 Å². The highest BCUT2D eigenvalue weighted by Gasteiger charge is 2.26. The van der Waals surface area contributed by atoms with Crippen LogP contribution >= 0.6 is 23.2 Å². The average molecular weight is 304 g/mol. The van der Waals surface area contributed by atoms with E-state index in [4.69, 9.17) is 33.0 Å². The van der Waals surface area contributed by atoms with Gasteiger partial charge in [0.05, 0.1) is 16.3 Å². The molecule has 1 aliphatic heterocycles. The molecule has 1 fully saturated rings. The Hall–Kier alpha value is -1.30. The summed E-state index contributed by atoms with van der Waals surface area (Å²) < 4.78 is 5.22. The van der Waals surface area contributed by atoms with E-state index in [2.05, 4.69) is 5.32 Å². The van der Waals surface area contributed by atoms with E-state index in [0.29, 0.717) is 13.0 Å². The number of rotatable bonds is 3. The molecule has 0 unspecified atom stereocenters. The third kappa shape index (κ3) is 3.18. The highest BCUT2D eigenvalue weighted by Crippen LogP contribution is 2.31. The fourth-order valence-electron chi connectivity index (χ4n) is 1.86. The van der Waals surface area contributed by atoms with Gasteiger partial charge in [-0.2, -0.15) is 0 Å². The standard InChI is InChI=1S/C12H11Cl2NO4/c13-6-4-7(12(17)18)10(8(14)5-6)15-11(16)9-2-1-3-19-9/h4-5,9H,1-3H2,(H,15,16)(H,17,18)/t9-/m1/s1. The molecule has 0 spiro atoms.